The van der Waals surface area contributed by atoms with Gasteiger partial charge in [0.1, 0.15) is 11.1 Å². The van der Waals surface area contributed by atoms with Crippen molar-refractivity contribution >= 4 is 18.3 Å². The topological polar surface area (TPSA) is 48.0 Å². The Morgan fingerprint density at radius 2 is 1.80 bits per heavy atom. The molecule has 126 valence electrons. The molecule has 0 amide bonds. The molecule has 3 heterocycles. The molecule has 0 aliphatic carbocycles. The van der Waals surface area contributed by atoms with Crippen LogP contribution in [0.1, 0.15) is 28.2 Å². The van der Waals surface area contributed by atoms with Gasteiger partial charge in [0.25, 0.3) is 0 Å². The lowest BCUT2D eigenvalue weighted by atomic mass is 10.2. The Morgan fingerprint density at radius 3 is 2.56 bits per heavy atom. The van der Waals surface area contributed by atoms with Crippen molar-refractivity contribution < 1.29 is 0 Å². The summed E-state index contributed by atoms with van der Waals surface area (Å²) in [5.41, 5.74) is 5.07. The highest BCUT2D eigenvalue weighted by molar-refractivity contribution is 7.80. The normalized spacial score (nSPS) is 12.6. The number of aryl methyl sites for hydroxylation is 3. The van der Waals surface area contributed by atoms with Gasteiger partial charge in [0, 0.05) is 24.5 Å². The second-order valence-electron chi connectivity index (χ2n) is 6.28. The number of rotatable bonds is 3. The van der Waals surface area contributed by atoms with Gasteiger partial charge < -0.3 is 4.57 Å². The summed E-state index contributed by atoms with van der Waals surface area (Å²) in [6, 6.07) is 14.2. The molecule has 0 fully saturated rings. The molecule has 1 aromatic carbocycles. The molecule has 0 bridgehead atoms. The zero-order valence-electron chi connectivity index (χ0n) is 14.4. The van der Waals surface area contributed by atoms with E-state index in [1.54, 1.807) is 0 Å². The van der Waals surface area contributed by atoms with Crippen LogP contribution < -0.4 is 0 Å². The summed E-state index contributed by atoms with van der Waals surface area (Å²) in [4.78, 5) is 9.42. The molecule has 0 N–H and O–H groups in total. The SMILES string of the molecule is Cc1cc(C)n2nc(C(S)c3nc(-c4ccccc4)cn3C)nc2c1. The highest BCUT2D eigenvalue weighted by atomic mass is 32.1. The van der Waals surface area contributed by atoms with Crippen LogP contribution in [-0.2, 0) is 7.05 Å². The number of hydrogen-bond donors (Lipinski definition) is 1. The fourth-order valence-electron chi connectivity index (χ4n) is 3.04. The van der Waals surface area contributed by atoms with Gasteiger partial charge in [-0.2, -0.15) is 12.6 Å². The third kappa shape index (κ3) is 2.82. The number of fused-ring (bicyclic) bond motifs is 1. The van der Waals surface area contributed by atoms with Gasteiger partial charge in [-0.15, -0.1) is 5.10 Å². The first-order valence-electron chi connectivity index (χ1n) is 8.13. The van der Waals surface area contributed by atoms with Crippen molar-refractivity contribution in [2.24, 2.45) is 7.05 Å². The Hall–Kier alpha value is -2.60. The molecule has 4 rings (SSSR count). The predicted octanol–water partition coefficient (Wildman–Crippen LogP) is 3.77. The number of pyridine rings is 1. The van der Waals surface area contributed by atoms with E-state index in [9.17, 15) is 0 Å². The van der Waals surface area contributed by atoms with Crippen LogP contribution in [0.25, 0.3) is 16.9 Å². The predicted molar refractivity (Wildman–Crippen MR) is 102 cm³/mol. The molecule has 1 atom stereocenters. The summed E-state index contributed by atoms with van der Waals surface area (Å²) in [5, 5.41) is 4.34. The molecule has 4 aromatic rings. The third-order valence-electron chi connectivity index (χ3n) is 4.25. The second kappa shape index (κ2) is 6.04. The molecule has 6 heteroatoms. The van der Waals surface area contributed by atoms with Gasteiger partial charge in [0.05, 0.1) is 5.69 Å². The Morgan fingerprint density at radius 1 is 1.04 bits per heavy atom. The summed E-state index contributed by atoms with van der Waals surface area (Å²) >= 11 is 4.75. The van der Waals surface area contributed by atoms with Crippen molar-refractivity contribution in [3.8, 4) is 11.3 Å². The quantitative estimate of drug-likeness (QED) is 0.573. The van der Waals surface area contributed by atoms with Crippen LogP contribution in [0.2, 0.25) is 0 Å². The minimum Gasteiger partial charge on any atom is -0.336 e. The molecule has 0 saturated carbocycles. The van der Waals surface area contributed by atoms with Crippen molar-refractivity contribution in [2.45, 2.75) is 19.1 Å². The first-order valence-corrected chi connectivity index (χ1v) is 8.65. The largest absolute Gasteiger partial charge is 0.336 e. The molecule has 0 saturated heterocycles. The lowest BCUT2D eigenvalue weighted by Gasteiger charge is -2.05. The van der Waals surface area contributed by atoms with Crippen LogP contribution >= 0.6 is 12.6 Å². The molecule has 25 heavy (non-hydrogen) atoms. The van der Waals surface area contributed by atoms with Crippen LogP contribution in [0.4, 0.5) is 0 Å². The molecule has 0 aliphatic heterocycles. The van der Waals surface area contributed by atoms with Crippen LogP contribution in [0.3, 0.4) is 0 Å². The van der Waals surface area contributed by atoms with E-state index in [1.807, 2.05) is 53.5 Å². The Balaban J connectivity index is 1.75. The first-order chi connectivity index (χ1) is 12.0. The molecule has 5 nitrogen and oxygen atoms in total. The fraction of sp³-hybridized carbons (Fsp3) is 0.211. The van der Waals surface area contributed by atoms with E-state index in [-0.39, 0.29) is 5.25 Å². The van der Waals surface area contributed by atoms with Gasteiger partial charge in [0.15, 0.2) is 11.5 Å². The van der Waals surface area contributed by atoms with E-state index in [1.165, 1.54) is 5.56 Å². The number of imidazole rings is 1. The molecule has 0 radical (unpaired) electrons. The van der Waals surface area contributed by atoms with Crippen LogP contribution in [-0.4, -0.2) is 24.1 Å². The molecule has 0 aliphatic rings. The van der Waals surface area contributed by atoms with Gasteiger partial charge in [0.2, 0.25) is 0 Å². The van der Waals surface area contributed by atoms with E-state index in [4.69, 9.17) is 17.6 Å². The van der Waals surface area contributed by atoms with Crippen molar-refractivity contribution in [2.75, 3.05) is 0 Å². The van der Waals surface area contributed by atoms with Gasteiger partial charge in [-0.1, -0.05) is 30.3 Å². The van der Waals surface area contributed by atoms with Gasteiger partial charge in [-0.05, 0) is 31.5 Å². The molecule has 3 aromatic heterocycles. The molecular weight excluding hydrogens is 330 g/mol. The van der Waals surface area contributed by atoms with Crippen LogP contribution in [0.15, 0.2) is 48.7 Å². The van der Waals surface area contributed by atoms with Crippen LogP contribution in [0, 0.1) is 13.8 Å². The number of hydrogen-bond acceptors (Lipinski definition) is 4. The zero-order chi connectivity index (χ0) is 17.6. The zero-order valence-corrected chi connectivity index (χ0v) is 15.3. The third-order valence-corrected chi connectivity index (χ3v) is 4.71. The number of benzene rings is 1. The minimum atomic E-state index is -0.290. The number of nitrogens with zero attached hydrogens (tertiary/aromatic N) is 5. The number of aromatic nitrogens is 5. The Bertz CT molecular complexity index is 1050. The Kier molecular flexibility index (Phi) is 3.84. The molecule has 0 spiro atoms. The highest BCUT2D eigenvalue weighted by Crippen LogP contribution is 2.28. The van der Waals surface area contributed by atoms with E-state index in [0.717, 1.165) is 28.4 Å². The number of thiol groups is 1. The lowest BCUT2D eigenvalue weighted by Crippen LogP contribution is -2.04. The average Bonchev–Trinajstić information content (AvgIpc) is 3.19. The smallest absolute Gasteiger partial charge is 0.172 e. The highest BCUT2D eigenvalue weighted by Gasteiger charge is 2.21. The first kappa shape index (κ1) is 15.9. The van der Waals surface area contributed by atoms with Gasteiger partial charge >= 0.3 is 0 Å². The van der Waals surface area contributed by atoms with Crippen molar-refractivity contribution in [3.05, 3.63) is 71.6 Å². The maximum atomic E-state index is 4.76. The average molecular weight is 349 g/mol. The summed E-state index contributed by atoms with van der Waals surface area (Å²) in [6.45, 7) is 4.09. The van der Waals surface area contributed by atoms with Crippen molar-refractivity contribution in [3.63, 3.8) is 0 Å². The summed E-state index contributed by atoms with van der Waals surface area (Å²) < 4.78 is 3.84. The second-order valence-corrected chi connectivity index (χ2v) is 6.79. The Labute approximate surface area is 151 Å². The standard InChI is InChI=1S/C19H19N5S/c1-12-9-13(2)24-16(10-12)21-18(22-24)17(25)19-20-15(11-23(19)3)14-7-5-4-6-8-14/h4-11,17,25H,1-3H3. The van der Waals surface area contributed by atoms with E-state index in [2.05, 4.69) is 35.2 Å². The van der Waals surface area contributed by atoms with E-state index >= 15 is 0 Å². The monoisotopic (exact) mass is 349 g/mol. The van der Waals surface area contributed by atoms with E-state index in [0.29, 0.717) is 5.82 Å². The van der Waals surface area contributed by atoms with Gasteiger partial charge in [-0.25, -0.2) is 14.5 Å². The minimum absolute atomic E-state index is 0.290. The van der Waals surface area contributed by atoms with E-state index < -0.39 is 0 Å². The maximum Gasteiger partial charge on any atom is 0.172 e. The summed E-state index contributed by atoms with van der Waals surface area (Å²) in [6.07, 6.45) is 2.01. The summed E-state index contributed by atoms with van der Waals surface area (Å²) in [7, 11) is 1.98. The summed E-state index contributed by atoms with van der Waals surface area (Å²) in [5.74, 6) is 1.48. The maximum absolute atomic E-state index is 4.76. The van der Waals surface area contributed by atoms with Crippen molar-refractivity contribution in [1.82, 2.24) is 24.1 Å². The molecule has 1 unspecified atom stereocenters. The van der Waals surface area contributed by atoms with Gasteiger partial charge in [-0.3, -0.25) is 0 Å². The molecular formula is C19H19N5S. The van der Waals surface area contributed by atoms with Crippen LogP contribution in [0.5, 0.6) is 0 Å². The fourth-order valence-corrected chi connectivity index (χ4v) is 3.39. The van der Waals surface area contributed by atoms with Crippen molar-refractivity contribution in [1.29, 1.82) is 0 Å². The lowest BCUT2D eigenvalue weighted by molar-refractivity contribution is 0.778.